The predicted molar refractivity (Wildman–Crippen MR) is 132 cm³/mol. The van der Waals surface area contributed by atoms with Crippen molar-refractivity contribution in [2.24, 2.45) is 7.05 Å². The molecule has 0 saturated heterocycles. The van der Waals surface area contributed by atoms with Gasteiger partial charge in [0.15, 0.2) is 5.16 Å². The summed E-state index contributed by atoms with van der Waals surface area (Å²) < 4.78 is 3.30. The lowest BCUT2D eigenvalue weighted by Crippen LogP contribution is -2.30. The summed E-state index contributed by atoms with van der Waals surface area (Å²) in [6.07, 6.45) is 0. The van der Waals surface area contributed by atoms with Crippen LogP contribution in [0.3, 0.4) is 0 Å². The Bertz CT molecular complexity index is 1500. The number of hydrogen-bond acceptors (Lipinski definition) is 6. The van der Waals surface area contributed by atoms with E-state index in [2.05, 4.69) is 27.6 Å². The van der Waals surface area contributed by atoms with Gasteiger partial charge < -0.3 is 5.32 Å². The van der Waals surface area contributed by atoms with Crippen molar-refractivity contribution in [3.05, 3.63) is 92.4 Å². The second-order valence-electron chi connectivity index (χ2n) is 7.71. The number of hydrogen-bond donors (Lipinski definition) is 1. The van der Waals surface area contributed by atoms with Gasteiger partial charge in [-0.1, -0.05) is 59.8 Å². The zero-order chi connectivity index (χ0) is 22.9. The molecule has 0 bridgehead atoms. The molecule has 166 valence electrons. The lowest BCUT2D eigenvalue weighted by molar-refractivity contribution is -0.119. The molecule has 0 aliphatic heterocycles. The van der Waals surface area contributed by atoms with Gasteiger partial charge in [0.25, 0.3) is 5.56 Å². The zero-order valence-corrected chi connectivity index (χ0v) is 19.7. The van der Waals surface area contributed by atoms with Crippen LogP contribution in [0.4, 0.5) is 0 Å². The van der Waals surface area contributed by atoms with Gasteiger partial charge in [-0.3, -0.25) is 18.6 Å². The van der Waals surface area contributed by atoms with E-state index in [0.29, 0.717) is 16.3 Å². The van der Waals surface area contributed by atoms with Gasteiger partial charge in [-0.25, -0.2) is 0 Å². The largest absolute Gasteiger partial charge is 0.344 e. The van der Waals surface area contributed by atoms with Gasteiger partial charge in [0.05, 0.1) is 22.7 Å². The number of nitrogens with zero attached hydrogens (tertiary/aromatic N) is 4. The van der Waals surface area contributed by atoms with E-state index in [0.717, 1.165) is 16.0 Å². The Kier molecular flexibility index (Phi) is 5.74. The summed E-state index contributed by atoms with van der Waals surface area (Å²) in [5.41, 5.74) is 2.80. The molecule has 7 nitrogen and oxygen atoms in total. The highest BCUT2D eigenvalue weighted by atomic mass is 32.2. The zero-order valence-electron chi connectivity index (χ0n) is 18.1. The first kappa shape index (κ1) is 21.4. The van der Waals surface area contributed by atoms with Crippen molar-refractivity contribution in [2.45, 2.75) is 18.1 Å². The van der Waals surface area contributed by atoms with E-state index >= 15 is 0 Å². The monoisotopic (exact) mass is 475 g/mol. The molecule has 1 amide bonds. The lowest BCUT2D eigenvalue weighted by atomic mass is 10.0. The van der Waals surface area contributed by atoms with Crippen molar-refractivity contribution in [2.75, 3.05) is 5.75 Å². The van der Waals surface area contributed by atoms with E-state index in [9.17, 15) is 9.59 Å². The van der Waals surface area contributed by atoms with Crippen molar-refractivity contribution < 1.29 is 4.79 Å². The number of amides is 1. The molecule has 0 radical (unpaired) electrons. The average molecular weight is 476 g/mol. The third-order valence-corrected chi connectivity index (χ3v) is 7.34. The minimum absolute atomic E-state index is 0.107. The van der Waals surface area contributed by atoms with E-state index in [4.69, 9.17) is 0 Å². The van der Waals surface area contributed by atoms with E-state index in [1.54, 1.807) is 24.5 Å². The molecule has 0 fully saturated rings. The summed E-state index contributed by atoms with van der Waals surface area (Å²) in [7, 11) is 1.67. The van der Waals surface area contributed by atoms with Crippen LogP contribution in [-0.2, 0) is 11.8 Å². The quantitative estimate of drug-likeness (QED) is 0.376. The van der Waals surface area contributed by atoms with Gasteiger partial charge >= 0.3 is 0 Å². The van der Waals surface area contributed by atoms with Gasteiger partial charge in [0, 0.05) is 11.9 Å². The second-order valence-corrected chi connectivity index (χ2v) is 9.64. The molecular weight excluding hydrogens is 454 g/mol. The maximum Gasteiger partial charge on any atom is 0.262 e. The molecule has 0 spiro atoms. The van der Waals surface area contributed by atoms with Gasteiger partial charge in [0.1, 0.15) is 0 Å². The first-order chi connectivity index (χ1) is 16.0. The maximum atomic E-state index is 13.0. The fourth-order valence-corrected chi connectivity index (χ4v) is 5.32. The van der Waals surface area contributed by atoms with E-state index in [-0.39, 0.29) is 23.3 Å². The van der Waals surface area contributed by atoms with Crippen LogP contribution in [0.5, 0.6) is 0 Å². The Morgan fingerprint density at radius 2 is 1.88 bits per heavy atom. The Morgan fingerprint density at radius 1 is 1.09 bits per heavy atom. The van der Waals surface area contributed by atoms with E-state index in [1.165, 1.54) is 21.9 Å². The van der Waals surface area contributed by atoms with Crippen LogP contribution in [0.25, 0.3) is 16.7 Å². The maximum absolute atomic E-state index is 13.0. The highest BCUT2D eigenvalue weighted by Crippen LogP contribution is 2.27. The number of para-hydroxylation sites is 1. The van der Waals surface area contributed by atoms with Gasteiger partial charge in [0.2, 0.25) is 11.7 Å². The van der Waals surface area contributed by atoms with Gasteiger partial charge in [-0.2, -0.15) is 0 Å². The highest BCUT2D eigenvalue weighted by Gasteiger charge is 2.20. The Morgan fingerprint density at radius 3 is 2.64 bits per heavy atom. The SMILES string of the molecule is Cc1ccc(C(NC(=O)CSc2nnc3n(C)c(=O)c4ccccc4n23)c2cccs2)cc1. The van der Waals surface area contributed by atoms with Gasteiger partial charge in [-0.05, 0) is 36.1 Å². The normalized spacial score (nSPS) is 12.3. The number of aryl methyl sites for hydroxylation is 2. The number of carbonyl (C=O) groups excluding carboxylic acids is 1. The summed E-state index contributed by atoms with van der Waals surface area (Å²) in [4.78, 5) is 26.7. The Balaban J connectivity index is 1.41. The van der Waals surface area contributed by atoms with E-state index in [1.807, 2.05) is 59.2 Å². The lowest BCUT2D eigenvalue weighted by Gasteiger charge is -2.18. The summed E-state index contributed by atoms with van der Waals surface area (Å²) in [6, 6.07) is 19.3. The third-order valence-electron chi connectivity index (χ3n) is 5.47. The molecule has 0 saturated carbocycles. The second kappa shape index (κ2) is 8.84. The molecule has 33 heavy (non-hydrogen) atoms. The predicted octanol–water partition coefficient (Wildman–Crippen LogP) is 3.95. The van der Waals surface area contributed by atoms with Crippen molar-refractivity contribution in [3.63, 3.8) is 0 Å². The van der Waals surface area contributed by atoms with Crippen molar-refractivity contribution >= 4 is 45.7 Å². The Hall–Kier alpha value is -3.43. The topological polar surface area (TPSA) is 81.3 Å². The average Bonchev–Trinajstić information content (AvgIpc) is 3.51. The molecular formula is C24H21N5O2S2. The summed E-state index contributed by atoms with van der Waals surface area (Å²) in [5, 5.41) is 14.8. The van der Waals surface area contributed by atoms with E-state index < -0.39 is 0 Å². The summed E-state index contributed by atoms with van der Waals surface area (Å²) in [6.45, 7) is 2.04. The number of aromatic nitrogens is 4. The van der Waals surface area contributed by atoms with Gasteiger partial charge in [-0.15, -0.1) is 21.5 Å². The smallest absolute Gasteiger partial charge is 0.262 e. The number of fused-ring (bicyclic) bond motifs is 3. The number of rotatable bonds is 6. The minimum atomic E-state index is -0.213. The minimum Gasteiger partial charge on any atom is -0.344 e. The standard InChI is InChI=1S/C24H21N5O2S2/c1-15-9-11-16(12-10-15)21(19-8-5-13-32-19)25-20(30)14-33-24-27-26-23-28(2)22(31)17-6-3-4-7-18(17)29(23)24/h3-13,21H,14H2,1-2H3,(H,25,30). The van der Waals surface area contributed by atoms with Crippen molar-refractivity contribution in [1.82, 2.24) is 24.5 Å². The number of nitrogens with one attached hydrogen (secondary N) is 1. The van der Waals surface area contributed by atoms with Crippen LogP contribution in [0.1, 0.15) is 22.0 Å². The number of thiophene rings is 1. The van der Waals surface area contributed by atoms with Crippen LogP contribution in [0, 0.1) is 6.92 Å². The van der Waals surface area contributed by atoms with Crippen LogP contribution >= 0.6 is 23.1 Å². The first-order valence-electron chi connectivity index (χ1n) is 10.4. The fourth-order valence-electron chi connectivity index (χ4n) is 3.77. The summed E-state index contributed by atoms with van der Waals surface area (Å²) in [5.74, 6) is 0.508. The molecule has 9 heteroatoms. The van der Waals surface area contributed by atoms with Crippen LogP contribution in [0.2, 0.25) is 0 Å². The molecule has 1 unspecified atom stereocenters. The molecule has 5 rings (SSSR count). The molecule has 3 heterocycles. The number of benzene rings is 2. The first-order valence-corrected chi connectivity index (χ1v) is 12.2. The third kappa shape index (κ3) is 4.05. The molecule has 0 aliphatic carbocycles. The van der Waals surface area contributed by atoms with Crippen LogP contribution < -0.4 is 10.9 Å². The summed E-state index contributed by atoms with van der Waals surface area (Å²) >= 11 is 2.91. The Labute approximate surface area is 198 Å². The molecule has 3 aromatic heterocycles. The molecule has 1 N–H and O–H groups in total. The van der Waals surface area contributed by atoms with Crippen LogP contribution in [-0.4, -0.2) is 30.8 Å². The van der Waals surface area contributed by atoms with Crippen LogP contribution in [0.15, 0.2) is 76.0 Å². The number of thioether (sulfide) groups is 1. The molecule has 0 aliphatic rings. The van der Waals surface area contributed by atoms with Crippen molar-refractivity contribution in [3.8, 4) is 0 Å². The molecule has 5 aromatic rings. The number of carbonyl (C=O) groups is 1. The molecule has 2 aromatic carbocycles. The highest BCUT2D eigenvalue weighted by molar-refractivity contribution is 7.99. The van der Waals surface area contributed by atoms with Crippen molar-refractivity contribution in [1.29, 1.82) is 0 Å². The fraction of sp³-hybridized carbons (Fsp3) is 0.167. The molecule has 1 atom stereocenters.